The molecule has 3 amide bonds. The molecule has 48 heavy (non-hydrogen) atoms. The molecule has 1 aliphatic heterocycles. The molecule has 14 heteroatoms. The summed E-state index contributed by atoms with van der Waals surface area (Å²) in [4.78, 5) is 49.3. The van der Waals surface area contributed by atoms with Crippen LogP contribution in [0.4, 0.5) is 34.7 Å². The number of nitrogens with zero attached hydrogens (tertiary/aromatic N) is 3. The van der Waals surface area contributed by atoms with Crippen molar-refractivity contribution >= 4 is 56.7 Å². The van der Waals surface area contributed by atoms with Crippen molar-refractivity contribution in [2.24, 2.45) is 5.41 Å². The zero-order valence-corrected chi connectivity index (χ0v) is 28.1. The van der Waals surface area contributed by atoms with Crippen LogP contribution < -0.4 is 20.9 Å². The predicted octanol–water partition coefficient (Wildman–Crippen LogP) is 7.43. The lowest BCUT2D eigenvalue weighted by Crippen LogP contribution is -2.47. The van der Waals surface area contributed by atoms with Crippen molar-refractivity contribution in [3.05, 3.63) is 66.0 Å². The predicted molar refractivity (Wildman–Crippen MR) is 182 cm³/mol. The summed E-state index contributed by atoms with van der Waals surface area (Å²) in [5.41, 5.74) is -0.167. The van der Waals surface area contributed by atoms with Gasteiger partial charge < -0.3 is 25.4 Å². The van der Waals surface area contributed by atoms with Gasteiger partial charge >= 0.3 is 12.2 Å². The van der Waals surface area contributed by atoms with E-state index in [0.29, 0.717) is 30.7 Å². The molecule has 11 nitrogen and oxygen atoms in total. The number of para-hydroxylation sites is 1. The second-order valence-electron chi connectivity index (χ2n) is 13.3. The highest BCUT2D eigenvalue weighted by atomic mass is 32.1. The highest BCUT2D eigenvalue weighted by molar-refractivity contribution is 7.19. The first kappa shape index (κ1) is 34.5. The summed E-state index contributed by atoms with van der Waals surface area (Å²) in [7, 11) is 0. The Labute approximate surface area is 280 Å². The first-order valence-corrected chi connectivity index (χ1v) is 16.3. The normalized spacial score (nSPS) is 15.2. The molecule has 2 aromatic carbocycles. The van der Waals surface area contributed by atoms with Crippen LogP contribution in [0.1, 0.15) is 53.2 Å². The second-order valence-corrected chi connectivity index (χ2v) is 14.3. The van der Waals surface area contributed by atoms with Crippen LogP contribution >= 0.6 is 11.3 Å². The van der Waals surface area contributed by atoms with Crippen molar-refractivity contribution in [3.63, 3.8) is 0 Å². The molecule has 4 aromatic rings. The summed E-state index contributed by atoms with van der Waals surface area (Å²) in [6.07, 6.45) is 1.12. The average molecular weight is 681 g/mol. The first-order valence-electron chi connectivity index (χ1n) is 15.5. The second kappa shape index (κ2) is 13.7. The fourth-order valence-electron chi connectivity index (χ4n) is 5.60. The van der Waals surface area contributed by atoms with Gasteiger partial charge in [-0.1, -0.05) is 49.4 Å². The molecule has 0 spiro atoms. The summed E-state index contributed by atoms with van der Waals surface area (Å²) < 4.78 is 34.9. The average Bonchev–Trinajstić information content (AvgIpc) is 3.35. The Hall–Kier alpha value is -4.85. The number of amides is 3. The van der Waals surface area contributed by atoms with Gasteiger partial charge in [0.1, 0.15) is 27.2 Å². The monoisotopic (exact) mass is 680 g/mol. The van der Waals surface area contributed by atoms with Crippen LogP contribution in [-0.4, -0.2) is 57.9 Å². The van der Waals surface area contributed by atoms with Crippen molar-refractivity contribution in [2.75, 3.05) is 28.6 Å². The maximum atomic E-state index is 14.8. The fourth-order valence-corrected chi connectivity index (χ4v) is 6.61. The topological polar surface area (TPSA) is 146 Å². The SMILES string of the molecule is CC(C)(C)OC(=O)Nc1sc(-c2c(F)cccc2F)nc1CC(C)(C)C(=O)Nc1cnc2ccccc2c1N1CCC[C@H](NC(=O)O)C1. The molecule has 0 bridgehead atoms. The smallest absolute Gasteiger partial charge is 0.412 e. The Morgan fingerprint density at radius 3 is 2.44 bits per heavy atom. The molecule has 2 aromatic heterocycles. The molecule has 0 unspecified atom stereocenters. The van der Waals surface area contributed by atoms with Crippen LogP contribution in [0.15, 0.2) is 48.7 Å². The molecule has 0 saturated carbocycles. The number of piperidine rings is 1. The lowest BCUT2D eigenvalue weighted by Gasteiger charge is -2.36. The number of thiazole rings is 1. The van der Waals surface area contributed by atoms with Gasteiger partial charge in [0.25, 0.3) is 0 Å². The lowest BCUT2D eigenvalue weighted by molar-refractivity contribution is -0.123. The summed E-state index contributed by atoms with van der Waals surface area (Å²) in [6, 6.07) is 10.7. The van der Waals surface area contributed by atoms with E-state index in [9.17, 15) is 28.3 Å². The quantitative estimate of drug-likeness (QED) is 0.150. The van der Waals surface area contributed by atoms with E-state index in [1.54, 1.807) is 40.8 Å². The zero-order chi connectivity index (χ0) is 34.8. The van der Waals surface area contributed by atoms with E-state index in [1.807, 2.05) is 24.3 Å². The number of nitrogens with one attached hydrogen (secondary N) is 3. The van der Waals surface area contributed by atoms with E-state index in [4.69, 9.17) is 4.74 Å². The van der Waals surface area contributed by atoms with Gasteiger partial charge in [0, 0.05) is 36.4 Å². The number of carbonyl (C=O) groups is 3. The highest BCUT2D eigenvalue weighted by Crippen LogP contribution is 2.40. The molecule has 1 saturated heterocycles. The number of carboxylic acid groups (broad SMARTS) is 1. The van der Waals surface area contributed by atoms with Crippen LogP contribution in [-0.2, 0) is 16.0 Å². The van der Waals surface area contributed by atoms with Crippen LogP contribution in [0.5, 0.6) is 0 Å². The molecule has 5 rings (SSSR count). The third-order valence-corrected chi connectivity index (χ3v) is 8.80. The van der Waals surface area contributed by atoms with Gasteiger partial charge in [-0.25, -0.2) is 23.4 Å². The molecule has 254 valence electrons. The zero-order valence-electron chi connectivity index (χ0n) is 27.3. The van der Waals surface area contributed by atoms with Gasteiger partial charge in [0.15, 0.2) is 0 Å². The van der Waals surface area contributed by atoms with E-state index in [2.05, 4.69) is 30.8 Å². The van der Waals surface area contributed by atoms with Crippen molar-refractivity contribution < 1.29 is 33.0 Å². The number of carbonyl (C=O) groups excluding carboxylic acids is 2. The van der Waals surface area contributed by atoms with Gasteiger partial charge in [-0.05, 0) is 51.8 Å². The van der Waals surface area contributed by atoms with Crippen molar-refractivity contribution in [3.8, 4) is 10.6 Å². The van der Waals surface area contributed by atoms with E-state index in [-0.39, 0.29) is 33.7 Å². The van der Waals surface area contributed by atoms with Gasteiger partial charge in [0.2, 0.25) is 5.91 Å². The van der Waals surface area contributed by atoms with Gasteiger partial charge in [-0.2, -0.15) is 0 Å². The molecule has 3 heterocycles. The number of rotatable bonds is 8. The van der Waals surface area contributed by atoms with Gasteiger partial charge in [0.05, 0.1) is 34.3 Å². The van der Waals surface area contributed by atoms with E-state index < -0.39 is 40.7 Å². The van der Waals surface area contributed by atoms with Crippen LogP contribution in [0.3, 0.4) is 0 Å². The number of anilines is 3. The number of ether oxygens (including phenoxy) is 1. The number of halogens is 2. The summed E-state index contributed by atoms with van der Waals surface area (Å²) >= 11 is 0.879. The lowest BCUT2D eigenvalue weighted by atomic mass is 9.86. The van der Waals surface area contributed by atoms with Gasteiger partial charge in [-0.3, -0.25) is 15.1 Å². The van der Waals surface area contributed by atoms with Gasteiger partial charge in [-0.15, -0.1) is 0 Å². The minimum Gasteiger partial charge on any atom is -0.465 e. The van der Waals surface area contributed by atoms with E-state index in [1.165, 1.54) is 6.07 Å². The Kier molecular flexibility index (Phi) is 9.85. The van der Waals surface area contributed by atoms with Crippen molar-refractivity contribution in [2.45, 2.75) is 65.5 Å². The molecule has 0 aliphatic carbocycles. The fraction of sp³-hybridized carbons (Fsp3) is 0.382. The number of pyridine rings is 1. The third-order valence-electron chi connectivity index (χ3n) is 7.77. The molecule has 1 atom stereocenters. The van der Waals surface area contributed by atoms with Crippen molar-refractivity contribution in [1.82, 2.24) is 15.3 Å². The molecular formula is C34H38F2N6O5S. The first-order chi connectivity index (χ1) is 22.6. The number of fused-ring (bicyclic) bond motifs is 1. The van der Waals surface area contributed by atoms with Crippen LogP contribution in [0.2, 0.25) is 0 Å². The molecule has 1 fully saturated rings. The van der Waals surface area contributed by atoms with Crippen LogP contribution in [0, 0.1) is 17.0 Å². The molecular weight excluding hydrogens is 642 g/mol. The Morgan fingerprint density at radius 2 is 1.75 bits per heavy atom. The number of hydrogen-bond donors (Lipinski definition) is 4. The largest absolute Gasteiger partial charge is 0.465 e. The number of benzene rings is 2. The van der Waals surface area contributed by atoms with Crippen LogP contribution in [0.25, 0.3) is 21.5 Å². The minimum atomic E-state index is -1.15. The standard InChI is InChI=1S/C34H38F2N6O5S/c1-33(2,3)47-32(46)41-28-24(39-29(48-28)26-21(35)12-8-13-22(26)36)16-34(4,5)30(43)40-25-17-37-23-14-7-6-11-20(23)27(25)42-15-9-10-19(18-42)38-31(44)45/h6-8,11-14,17,19,38H,9-10,15-16,18H2,1-5H3,(H,40,43)(H,41,46)(H,44,45)/t19-/m0/s1. The minimum absolute atomic E-state index is 0.00138. The Balaban J connectivity index is 1.47. The van der Waals surface area contributed by atoms with Crippen molar-refractivity contribution in [1.29, 1.82) is 0 Å². The van der Waals surface area contributed by atoms with E-state index >= 15 is 0 Å². The highest BCUT2D eigenvalue weighted by Gasteiger charge is 2.34. The summed E-state index contributed by atoms with van der Waals surface area (Å²) in [5.74, 6) is -2.02. The number of aromatic nitrogens is 2. The molecule has 4 N–H and O–H groups in total. The summed E-state index contributed by atoms with van der Waals surface area (Å²) in [5, 5.41) is 18.6. The molecule has 0 radical (unpaired) electrons. The maximum Gasteiger partial charge on any atom is 0.412 e. The van der Waals surface area contributed by atoms with E-state index in [0.717, 1.165) is 41.0 Å². The Morgan fingerprint density at radius 1 is 1.04 bits per heavy atom. The number of hydrogen-bond acceptors (Lipinski definition) is 8. The molecule has 1 aliphatic rings. The Bertz CT molecular complexity index is 1840. The third kappa shape index (κ3) is 7.98. The summed E-state index contributed by atoms with van der Waals surface area (Å²) in [6.45, 7) is 9.56. The maximum absolute atomic E-state index is 14.8.